The van der Waals surface area contributed by atoms with Crippen molar-refractivity contribution in [3.05, 3.63) is 88.7 Å². The lowest BCUT2D eigenvalue weighted by Crippen LogP contribution is -2.20. The highest BCUT2D eigenvalue weighted by Gasteiger charge is 2.38. The molecule has 4 rings (SSSR count). The predicted octanol–water partition coefficient (Wildman–Crippen LogP) is 5.20. The van der Waals surface area contributed by atoms with Crippen molar-refractivity contribution in [1.82, 2.24) is 10.3 Å². The van der Waals surface area contributed by atoms with Gasteiger partial charge in [0.2, 0.25) is 0 Å². The van der Waals surface area contributed by atoms with E-state index in [4.69, 9.17) is 16.3 Å². The molecule has 2 heterocycles. The van der Waals surface area contributed by atoms with Crippen molar-refractivity contribution in [2.24, 2.45) is 0 Å². The van der Waals surface area contributed by atoms with Crippen LogP contribution < -0.4 is 5.32 Å². The average Bonchev–Trinajstić information content (AvgIpc) is 3.05. The van der Waals surface area contributed by atoms with Gasteiger partial charge >= 0.3 is 6.09 Å². The van der Waals surface area contributed by atoms with Crippen LogP contribution in [-0.2, 0) is 4.74 Å². The van der Waals surface area contributed by atoms with E-state index in [2.05, 4.69) is 10.3 Å². The summed E-state index contributed by atoms with van der Waals surface area (Å²) in [6.45, 7) is 0. The van der Waals surface area contributed by atoms with Gasteiger partial charge in [0, 0.05) is 28.5 Å². The van der Waals surface area contributed by atoms with Crippen LogP contribution in [0.1, 0.15) is 23.3 Å². The highest BCUT2D eigenvalue weighted by atomic mass is 35.5. The van der Waals surface area contributed by atoms with Crippen LogP contribution in [0.15, 0.2) is 60.9 Å². The highest BCUT2D eigenvalue weighted by Crippen LogP contribution is 2.38. The van der Waals surface area contributed by atoms with Gasteiger partial charge in [-0.1, -0.05) is 23.7 Å². The van der Waals surface area contributed by atoms with E-state index >= 15 is 0 Å². The van der Waals surface area contributed by atoms with Crippen LogP contribution in [0.2, 0.25) is 5.02 Å². The van der Waals surface area contributed by atoms with E-state index in [1.807, 2.05) is 18.2 Å². The molecular formula is C20H13ClF2N2O2. The van der Waals surface area contributed by atoms with Gasteiger partial charge in [0.25, 0.3) is 0 Å². The molecule has 7 heteroatoms. The fraction of sp³-hybridized carbons (Fsp3) is 0.100. The largest absolute Gasteiger partial charge is 0.439 e. The summed E-state index contributed by atoms with van der Waals surface area (Å²) in [5.41, 5.74) is 2.18. The first-order valence-electron chi connectivity index (χ1n) is 8.14. The van der Waals surface area contributed by atoms with Crippen LogP contribution in [0, 0.1) is 11.6 Å². The normalized spacial score (nSPS) is 18.9. The smallest absolute Gasteiger partial charge is 0.408 e. The summed E-state index contributed by atoms with van der Waals surface area (Å²) in [7, 11) is 0. The first-order valence-corrected chi connectivity index (χ1v) is 8.52. The molecule has 0 radical (unpaired) electrons. The molecule has 3 aromatic rings. The molecule has 1 aromatic heterocycles. The Morgan fingerprint density at radius 2 is 1.89 bits per heavy atom. The van der Waals surface area contributed by atoms with Gasteiger partial charge in [-0.3, -0.25) is 4.98 Å². The summed E-state index contributed by atoms with van der Waals surface area (Å²) in [6, 6.07) is 11.4. The Morgan fingerprint density at radius 3 is 2.70 bits per heavy atom. The number of carbonyl (C=O) groups excluding carboxylic acids is 1. The maximum atomic E-state index is 14.2. The first-order chi connectivity index (χ1) is 13.0. The third kappa shape index (κ3) is 3.48. The Morgan fingerprint density at radius 1 is 1.04 bits per heavy atom. The summed E-state index contributed by atoms with van der Waals surface area (Å²) >= 11 is 6.04. The molecule has 1 saturated heterocycles. The molecule has 136 valence electrons. The lowest BCUT2D eigenvalue weighted by Gasteiger charge is -2.18. The summed E-state index contributed by atoms with van der Waals surface area (Å²) in [4.78, 5) is 16.0. The Bertz CT molecular complexity index is 1030. The molecule has 0 aliphatic carbocycles. The average molecular weight is 387 g/mol. The Kier molecular flexibility index (Phi) is 4.49. The molecule has 1 unspecified atom stereocenters. The van der Waals surface area contributed by atoms with Crippen LogP contribution in [0.3, 0.4) is 0 Å². The SMILES string of the molecule is O=C1N[C@H](c2cncc(-c3cccc(Cl)c3)c2)C(c2cc(F)ccc2F)O1. The molecule has 1 aliphatic rings. The summed E-state index contributed by atoms with van der Waals surface area (Å²) in [6.07, 6.45) is 1.49. The summed E-state index contributed by atoms with van der Waals surface area (Å²) in [5.74, 6) is -1.26. The van der Waals surface area contributed by atoms with Crippen molar-refractivity contribution in [2.75, 3.05) is 0 Å². The standard InChI is InChI=1S/C20H13ClF2N2O2/c21-14-3-1-2-11(7-14)12-6-13(10-24-9-12)18-19(27-20(26)25-18)16-8-15(22)4-5-17(16)23/h1-10,18-19H,(H,25,26)/t18-,19?/m1/s1. The number of nitrogens with zero attached hydrogens (tertiary/aromatic N) is 1. The molecule has 1 N–H and O–H groups in total. The van der Waals surface area contributed by atoms with Gasteiger partial charge in [-0.05, 0) is 47.5 Å². The predicted molar refractivity (Wildman–Crippen MR) is 96.1 cm³/mol. The van der Waals surface area contributed by atoms with Crippen LogP contribution in [0.25, 0.3) is 11.1 Å². The lowest BCUT2D eigenvalue weighted by atomic mass is 9.95. The van der Waals surface area contributed by atoms with Crippen LogP contribution in [-0.4, -0.2) is 11.1 Å². The van der Waals surface area contributed by atoms with Crippen molar-refractivity contribution in [3.8, 4) is 11.1 Å². The third-order valence-corrected chi connectivity index (χ3v) is 4.59. The van der Waals surface area contributed by atoms with E-state index in [9.17, 15) is 13.6 Å². The van der Waals surface area contributed by atoms with Crippen molar-refractivity contribution in [3.63, 3.8) is 0 Å². The Labute approximate surface area is 158 Å². The summed E-state index contributed by atoms with van der Waals surface area (Å²) in [5, 5.41) is 3.22. The minimum Gasteiger partial charge on any atom is -0.439 e. The zero-order valence-corrected chi connectivity index (χ0v) is 14.6. The Hall–Kier alpha value is -2.99. The lowest BCUT2D eigenvalue weighted by molar-refractivity contribution is 0.130. The van der Waals surface area contributed by atoms with E-state index in [1.165, 1.54) is 0 Å². The number of ether oxygens (including phenoxy) is 1. The van der Waals surface area contributed by atoms with Gasteiger partial charge in [0.1, 0.15) is 17.7 Å². The number of benzene rings is 2. The molecule has 0 bridgehead atoms. The number of hydrogen-bond donors (Lipinski definition) is 1. The molecule has 0 saturated carbocycles. The summed E-state index contributed by atoms with van der Waals surface area (Å²) < 4.78 is 33.0. The number of pyridine rings is 1. The van der Waals surface area contributed by atoms with Crippen molar-refractivity contribution >= 4 is 17.7 Å². The second-order valence-electron chi connectivity index (χ2n) is 6.13. The van der Waals surface area contributed by atoms with E-state index in [1.54, 1.807) is 24.5 Å². The number of halogens is 3. The van der Waals surface area contributed by atoms with Gasteiger partial charge in [0.15, 0.2) is 6.10 Å². The Balaban J connectivity index is 1.74. The molecule has 2 aromatic carbocycles. The van der Waals surface area contributed by atoms with Gasteiger partial charge in [-0.2, -0.15) is 0 Å². The molecule has 1 amide bonds. The number of cyclic esters (lactones) is 1. The number of carbonyl (C=O) groups is 1. The van der Waals surface area contributed by atoms with E-state index in [-0.39, 0.29) is 5.56 Å². The molecule has 4 nitrogen and oxygen atoms in total. The topological polar surface area (TPSA) is 51.2 Å². The number of nitrogens with one attached hydrogen (secondary N) is 1. The van der Waals surface area contributed by atoms with Gasteiger partial charge < -0.3 is 10.1 Å². The quantitative estimate of drug-likeness (QED) is 0.673. The number of aromatic nitrogens is 1. The van der Waals surface area contributed by atoms with Crippen LogP contribution in [0.5, 0.6) is 0 Å². The number of hydrogen-bond acceptors (Lipinski definition) is 3. The first kappa shape index (κ1) is 17.4. The second kappa shape index (κ2) is 6.96. The zero-order chi connectivity index (χ0) is 19.0. The number of rotatable bonds is 3. The minimum atomic E-state index is -1.01. The van der Waals surface area contributed by atoms with E-state index in [0.29, 0.717) is 10.6 Å². The van der Waals surface area contributed by atoms with Gasteiger partial charge in [-0.25, -0.2) is 13.6 Å². The second-order valence-corrected chi connectivity index (χ2v) is 6.57. The van der Waals surface area contributed by atoms with Crippen LogP contribution in [0.4, 0.5) is 13.6 Å². The van der Waals surface area contributed by atoms with Crippen molar-refractivity contribution < 1.29 is 18.3 Å². The molecule has 0 spiro atoms. The molecule has 1 aliphatic heterocycles. The molecule has 2 atom stereocenters. The monoisotopic (exact) mass is 386 g/mol. The van der Waals surface area contributed by atoms with E-state index < -0.39 is 29.9 Å². The molecule has 1 fully saturated rings. The minimum absolute atomic E-state index is 0.0356. The molecular weight excluding hydrogens is 374 g/mol. The molecule has 27 heavy (non-hydrogen) atoms. The van der Waals surface area contributed by atoms with Gasteiger partial charge in [-0.15, -0.1) is 0 Å². The maximum Gasteiger partial charge on any atom is 0.408 e. The van der Waals surface area contributed by atoms with Crippen molar-refractivity contribution in [1.29, 1.82) is 0 Å². The highest BCUT2D eigenvalue weighted by molar-refractivity contribution is 6.30. The third-order valence-electron chi connectivity index (χ3n) is 4.35. The van der Waals surface area contributed by atoms with Gasteiger partial charge in [0.05, 0.1) is 0 Å². The number of amides is 1. The maximum absolute atomic E-state index is 14.2. The zero-order valence-electron chi connectivity index (χ0n) is 13.8. The van der Waals surface area contributed by atoms with E-state index in [0.717, 1.165) is 29.3 Å². The fourth-order valence-electron chi connectivity index (χ4n) is 3.11. The number of alkyl carbamates (subject to hydrolysis) is 1. The van der Waals surface area contributed by atoms with Crippen molar-refractivity contribution in [2.45, 2.75) is 12.1 Å². The van der Waals surface area contributed by atoms with Crippen LogP contribution >= 0.6 is 11.6 Å². The fourth-order valence-corrected chi connectivity index (χ4v) is 3.30.